The Kier molecular flexibility index (Phi) is 3.29. The number of carbonyl (C=O) groups excluding carboxylic acids is 1. The van der Waals surface area contributed by atoms with Crippen LogP contribution in [-0.2, 0) is 16.0 Å². The lowest BCUT2D eigenvalue weighted by molar-refractivity contribution is -0.147. The van der Waals surface area contributed by atoms with Gasteiger partial charge in [0.05, 0.1) is 11.8 Å². The van der Waals surface area contributed by atoms with E-state index in [9.17, 15) is 14.7 Å². The van der Waals surface area contributed by atoms with E-state index in [1.165, 1.54) is 5.56 Å². The second kappa shape index (κ2) is 5.22. The maximum atomic E-state index is 12.6. The van der Waals surface area contributed by atoms with Crippen molar-refractivity contribution in [3.05, 3.63) is 48.0 Å². The van der Waals surface area contributed by atoms with Gasteiger partial charge in [-0.1, -0.05) is 42.5 Å². The summed E-state index contributed by atoms with van der Waals surface area (Å²) in [4.78, 5) is 24.4. The average Bonchev–Trinajstić information content (AvgIpc) is 3.21. The zero-order valence-electron chi connectivity index (χ0n) is 12.9. The standard InChI is InChI=1S/C19H21NO3/c21-17(20-11-8-12-4-2-1-3-5-12)15-13-6-7-14(16(15)18(22)23)19(13)9-10-19/h1-7,13-16H,8-11H2,(H,20,21)(H,22,23)/t13-,14-,15-,16+/m1/s1. The monoisotopic (exact) mass is 311 g/mol. The fourth-order valence-corrected chi connectivity index (χ4v) is 4.78. The summed E-state index contributed by atoms with van der Waals surface area (Å²) in [6.07, 6.45) is 7.04. The van der Waals surface area contributed by atoms with Crippen LogP contribution in [0.1, 0.15) is 18.4 Å². The number of hydrogen-bond donors (Lipinski definition) is 2. The van der Waals surface area contributed by atoms with Crippen LogP contribution in [0, 0.1) is 29.1 Å². The smallest absolute Gasteiger partial charge is 0.307 e. The minimum Gasteiger partial charge on any atom is -0.481 e. The normalized spacial score (nSPS) is 32.2. The molecule has 2 N–H and O–H groups in total. The maximum absolute atomic E-state index is 12.6. The van der Waals surface area contributed by atoms with Crippen molar-refractivity contribution >= 4 is 11.9 Å². The molecule has 120 valence electrons. The van der Waals surface area contributed by atoms with Gasteiger partial charge in [0, 0.05) is 6.54 Å². The summed E-state index contributed by atoms with van der Waals surface area (Å²) in [7, 11) is 0. The first-order valence-corrected chi connectivity index (χ1v) is 8.36. The Morgan fingerprint density at radius 2 is 1.74 bits per heavy atom. The Morgan fingerprint density at radius 3 is 2.35 bits per heavy atom. The molecule has 4 nitrogen and oxygen atoms in total. The van der Waals surface area contributed by atoms with Crippen molar-refractivity contribution in [1.29, 1.82) is 0 Å². The minimum atomic E-state index is -0.823. The van der Waals surface area contributed by atoms with Crippen LogP contribution in [0.5, 0.6) is 0 Å². The summed E-state index contributed by atoms with van der Waals surface area (Å²) in [6, 6.07) is 10.00. The van der Waals surface area contributed by atoms with Crippen molar-refractivity contribution < 1.29 is 14.7 Å². The summed E-state index contributed by atoms with van der Waals surface area (Å²) >= 11 is 0. The van der Waals surface area contributed by atoms with E-state index in [4.69, 9.17) is 0 Å². The van der Waals surface area contributed by atoms with E-state index in [1.54, 1.807) is 0 Å². The number of benzene rings is 1. The van der Waals surface area contributed by atoms with E-state index >= 15 is 0 Å². The fraction of sp³-hybridized carbons (Fsp3) is 0.474. The number of carboxylic acids is 1. The average molecular weight is 311 g/mol. The number of rotatable bonds is 5. The highest BCUT2D eigenvalue weighted by atomic mass is 16.4. The number of nitrogens with one attached hydrogen (secondary N) is 1. The zero-order chi connectivity index (χ0) is 16.0. The number of amides is 1. The molecule has 0 unspecified atom stereocenters. The Labute approximate surface area is 135 Å². The van der Waals surface area contributed by atoms with E-state index in [-0.39, 0.29) is 23.2 Å². The van der Waals surface area contributed by atoms with Crippen LogP contribution in [0.4, 0.5) is 0 Å². The lowest BCUT2D eigenvalue weighted by Gasteiger charge is -2.23. The van der Waals surface area contributed by atoms with E-state index < -0.39 is 17.8 Å². The van der Waals surface area contributed by atoms with Crippen LogP contribution in [0.2, 0.25) is 0 Å². The third-order valence-electron chi connectivity index (χ3n) is 5.99. The summed E-state index contributed by atoms with van der Waals surface area (Å²) in [5, 5.41) is 12.6. The van der Waals surface area contributed by atoms with Crippen LogP contribution in [0.25, 0.3) is 0 Å². The molecular weight excluding hydrogens is 290 g/mol. The number of allylic oxidation sites excluding steroid dienone is 2. The first kappa shape index (κ1) is 14.5. The van der Waals surface area contributed by atoms with Gasteiger partial charge in [0.2, 0.25) is 5.91 Å². The van der Waals surface area contributed by atoms with Crippen LogP contribution in [-0.4, -0.2) is 23.5 Å². The van der Waals surface area contributed by atoms with Gasteiger partial charge in [-0.2, -0.15) is 0 Å². The molecular formula is C19H21NO3. The second-order valence-electron chi connectivity index (χ2n) is 7.09. The van der Waals surface area contributed by atoms with Crippen molar-refractivity contribution in [3.63, 3.8) is 0 Å². The van der Waals surface area contributed by atoms with E-state index in [1.807, 2.05) is 36.4 Å². The van der Waals surface area contributed by atoms with Crippen LogP contribution >= 0.6 is 0 Å². The first-order valence-electron chi connectivity index (χ1n) is 8.36. The topological polar surface area (TPSA) is 66.4 Å². The molecule has 1 aromatic carbocycles. The summed E-state index contributed by atoms with van der Waals surface area (Å²) in [5.74, 6) is -1.70. The quantitative estimate of drug-likeness (QED) is 0.820. The number of carbonyl (C=O) groups is 2. The van der Waals surface area contributed by atoms with Gasteiger partial charge < -0.3 is 10.4 Å². The van der Waals surface area contributed by atoms with Gasteiger partial charge >= 0.3 is 5.97 Å². The molecule has 2 fully saturated rings. The Morgan fingerprint density at radius 1 is 1.09 bits per heavy atom. The fourth-order valence-electron chi connectivity index (χ4n) is 4.78. The molecule has 0 saturated heterocycles. The van der Waals surface area contributed by atoms with Gasteiger partial charge in [0.15, 0.2) is 0 Å². The largest absolute Gasteiger partial charge is 0.481 e. The van der Waals surface area contributed by atoms with Gasteiger partial charge in [0.1, 0.15) is 0 Å². The van der Waals surface area contributed by atoms with E-state index in [2.05, 4.69) is 11.4 Å². The van der Waals surface area contributed by atoms with Crippen molar-refractivity contribution in [2.24, 2.45) is 29.1 Å². The number of carboxylic acid groups (broad SMARTS) is 1. The lowest BCUT2D eigenvalue weighted by Crippen LogP contribution is -2.40. The predicted molar refractivity (Wildman–Crippen MR) is 85.6 cm³/mol. The predicted octanol–water partition coefficient (Wildman–Crippen LogP) is 2.26. The van der Waals surface area contributed by atoms with Gasteiger partial charge in [-0.3, -0.25) is 9.59 Å². The highest BCUT2D eigenvalue weighted by Crippen LogP contribution is 2.71. The molecule has 0 radical (unpaired) electrons. The number of hydrogen-bond acceptors (Lipinski definition) is 2. The highest BCUT2D eigenvalue weighted by Gasteiger charge is 2.69. The molecule has 0 aliphatic heterocycles. The molecule has 4 rings (SSSR count). The molecule has 23 heavy (non-hydrogen) atoms. The minimum absolute atomic E-state index is 0.0508. The third kappa shape index (κ3) is 2.19. The number of aliphatic carboxylic acids is 1. The van der Waals surface area contributed by atoms with Crippen LogP contribution in [0.15, 0.2) is 42.5 Å². The van der Waals surface area contributed by atoms with Crippen molar-refractivity contribution in [3.8, 4) is 0 Å². The SMILES string of the molecule is O=C(O)[C@@H]1[C@H](C(=O)NCCc2ccccc2)[C@H]2C=C[C@H]1C21CC1. The molecule has 1 spiro atoms. The van der Waals surface area contributed by atoms with Crippen LogP contribution in [0.3, 0.4) is 0 Å². The molecule has 2 bridgehead atoms. The van der Waals surface area contributed by atoms with Crippen molar-refractivity contribution in [2.75, 3.05) is 6.54 Å². The summed E-state index contributed by atoms with van der Waals surface area (Å²) in [5.41, 5.74) is 1.26. The third-order valence-corrected chi connectivity index (χ3v) is 5.99. The van der Waals surface area contributed by atoms with Gasteiger partial charge in [-0.15, -0.1) is 0 Å². The lowest BCUT2D eigenvalue weighted by atomic mass is 9.82. The summed E-state index contributed by atoms with van der Waals surface area (Å²) in [6.45, 7) is 0.555. The van der Waals surface area contributed by atoms with E-state index in [0.29, 0.717) is 6.54 Å². The Bertz CT molecular complexity index is 662. The van der Waals surface area contributed by atoms with Gasteiger partial charge in [0.25, 0.3) is 0 Å². The van der Waals surface area contributed by atoms with E-state index in [0.717, 1.165) is 19.3 Å². The molecule has 0 heterocycles. The van der Waals surface area contributed by atoms with Crippen molar-refractivity contribution in [1.82, 2.24) is 5.32 Å². The van der Waals surface area contributed by atoms with Crippen molar-refractivity contribution in [2.45, 2.75) is 19.3 Å². The second-order valence-corrected chi connectivity index (χ2v) is 7.09. The molecule has 1 amide bonds. The molecule has 2 saturated carbocycles. The van der Waals surface area contributed by atoms with Gasteiger partial charge in [-0.25, -0.2) is 0 Å². The van der Waals surface area contributed by atoms with Gasteiger partial charge in [-0.05, 0) is 42.1 Å². The molecule has 4 atom stereocenters. The molecule has 3 aliphatic carbocycles. The Hall–Kier alpha value is -2.10. The summed E-state index contributed by atoms with van der Waals surface area (Å²) < 4.78 is 0. The van der Waals surface area contributed by atoms with Crippen LogP contribution < -0.4 is 5.32 Å². The molecule has 0 aromatic heterocycles. The molecule has 4 heteroatoms. The zero-order valence-corrected chi connectivity index (χ0v) is 12.9. The Balaban J connectivity index is 1.43. The first-order chi connectivity index (χ1) is 11.1. The molecule has 1 aromatic rings. The maximum Gasteiger partial charge on any atom is 0.307 e. The molecule has 3 aliphatic rings. The highest BCUT2D eigenvalue weighted by molar-refractivity contribution is 5.87.